The van der Waals surface area contributed by atoms with Crippen molar-refractivity contribution in [2.45, 2.75) is 39.5 Å². The Hall–Kier alpha value is -1.68. The summed E-state index contributed by atoms with van der Waals surface area (Å²) in [5.74, 6) is -0.253. The Kier molecular flexibility index (Phi) is 3.81. The van der Waals surface area contributed by atoms with Crippen molar-refractivity contribution in [1.82, 2.24) is 4.90 Å². The maximum absolute atomic E-state index is 12.4. The molecular weight excluding hydrogens is 282 g/mol. The molecule has 0 saturated carbocycles. The van der Waals surface area contributed by atoms with Gasteiger partial charge in [0.05, 0.1) is 11.1 Å². The molecule has 0 aliphatic carbocycles. The Morgan fingerprint density at radius 1 is 1.00 bits per heavy atom. The number of carbonyl (C=O) groups excluding carboxylic acids is 2. The largest absolute Gasteiger partial charge is 0.274 e. The molecule has 4 heteroatoms. The SMILES string of the molecule is CCCCCCN1C(=O)c2cc3cc(C)sc3cc2C1=O. The Balaban J connectivity index is 1.86. The van der Waals surface area contributed by atoms with E-state index in [0.29, 0.717) is 17.7 Å². The molecule has 0 N–H and O–H groups in total. The van der Waals surface area contributed by atoms with Gasteiger partial charge in [0.25, 0.3) is 11.8 Å². The molecule has 1 aliphatic heterocycles. The number of imide groups is 1. The number of unbranched alkanes of at least 4 members (excludes halogenated alkanes) is 3. The summed E-state index contributed by atoms with van der Waals surface area (Å²) in [6, 6.07) is 5.83. The summed E-state index contributed by atoms with van der Waals surface area (Å²) in [7, 11) is 0. The summed E-state index contributed by atoms with van der Waals surface area (Å²) >= 11 is 1.67. The molecule has 3 rings (SSSR count). The molecule has 0 radical (unpaired) electrons. The molecule has 2 heterocycles. The van der Waals surface area contributed by atoms with Crippen molar-refractivity contribution in [1.29, 1.82) is 0 Å². The summed E-state index contributed by atoms with van der Waals surface area (Å²) in [5.41, 5.74) is 1.14. The molecule has 21 heavy (non-hydrogen) atoms. The minimum atomic E-state index is -0.128. The molecule has 0 bridgehead atoms. The van der Waals surface area contributed by atoms with E-state index in [-0.39, 0.29) is 11.8 Å². The van der Waals surface area contributed by atoms with Crippen molar-refractivity contribution in [3.8, 4) is 0 Å². The second-order valence-electron chi connectivity index (χ2n) is 5.62. The Morgan fingerprint density at radius 3 is 2.43 bits per heavy atom. The van der Waals surface area contributed by atoms with Crippen molar-refractivity contribution >= 4 is 33.2 Å². The van der Waals surface area contributed by atoms with Crippen LogP contribution in [-0.2, 0) is 0 Å². The first-order chi connectivity index (χ1) is 10.1. The number of benzene rings is 1. The van der Waals surface area contributed by atoms with Crippen molar-refractivity contribution in [3.63, 3.8) is 0 Å². The zero-order valence-electron chi connectivity index (χ0n) is 12.4. The Bertz CT molecular complexity index is 664. The van der Waals surface area contributed by atoms with Crippen LogP contribution in [0.5, 0.6) is 0 Å². The number of aryl methyl sites for hydroxylation is 1. The van der Waals surface area contributed by atoms with Crippen LogP contribution in [0.4, 0.5) is 0 Å². The molecule has 0 fully saturated rings. The van der Waals surface area contributed by atoms with E-state index >= 15 is 0 Å². The lowest BCUT2D eigenvalue weighted by molar-refractivity contribution is 0.0651. The highest BCUT2D eigenvalue weighted by molar-refractivity contribution is 7.19. The fourth-order valence-electron chi connectivity index (χ4n) is 2.86. The van der Waals surface area contributed by atoms with Crippen LogP contribution >= 0.6 is 11.3 Å². The maximum atomic E-state index is 12.4. The van der Waals surface area contributed by atoms with Gasteiger partial charge in [-0.1, -0.05) is 26.2 Å². The van der Waals surface area contributed by atoms with Crippen molar-refractivity contribution in [2.75, 3.05) is 6.54 Å². The molecule has 1 aliphatic rings. The zero-order valence-corrected chi connectivity index (χ0v) is 13.3. The smallest absolute Gasteiger partial charge is 0.261 e. The van der Waals surface area contributed by atoms with E-state index in [1.807, 2.05) is 19.1 Å². The predicted octanol–water partition coefficient (Wildman–Crippen LogP) is 4.39. The second kappa shape index (κ2) is 5.60. The minimum Gasteiger partial charge on any atom is -0.274 e. The fourth-order valence-corrected chi connectivity index (χ4v) is 3.80. The van der Waals surface area contributed by atoms with E-state index in [1.54, 1.807) is 11.3 Å². The lowest BCUT2D eigenvalue weighted by Gasteiger charge is -2.13. The molecule has 0 saturated heterocycles. The molecule has 2 aromatic rings. The molecule has 0 spiro atoms. The number of hydrogen-bond acceptors (Lipinski definition) is 3. The number of fused-ring (bicyclic) bond motifs is 2. The third kappa shape index (κ3) is 2.48. The molecule has 1 aromatic heterocycles. The van der Waals surface area contributed by atoms with E-state index in [0.717, 1.165) is 35.8 Å². The van der Waals surface area contributed by atoms with E-state index in [4.69, 9.17) is 0 Å². The Labute approximate surface area is 128 Å². The zero-order chi connectivity index (χ0) is 15.0. The lowest BCUT2D eigenvalue weighted by Crippen LogP contribution is -2.30. The van der Waals surface area contributed by atoms with Crippen LogP contribution in [0, 0.1) is 6.92 Å². The van der Waals surface area contributed by atoms with Gasteiger partial charge in [-0.2, -0.15) is 0 Å². The van der Waals surface area contributed by atoms with Crippen LogP contribution < -0.4 is 0 Å². The summed E-state index contributed by atoms with van der Waals surface area (Å²) in [5, 5.41) is 1.06. The van der Waals surface area contributed by atoms with E-state index in [1.165, 1.54) is 9.78 Å². The molecule has 0 unspecified atom stereocenters. The quantitative estimate of drug-likeness (QED) is 0.607. The topological polar surface area (TPSA) is 37.4 Å². The van der Waals surface area contributed by atoms with Crippen LogP contribution in [0.3, 0.4) is 0 Å². The number of thiophene rings is 1. The van der Waals surface area contributed by atoms with Crippen molar-refractivity contribution < 1.29 is 9.59 Å². The molecule has 3 nitrogen and oxygen atoms in total. The monoisotopic (exact) mass is 301 g/mol. The van der Waals surface area contributed by atoms with Gasteiger partial charge in [-0.25, -0.2) is 0 Å². The molecule has 2 amide bonds. The first-order valence-electron chi connectivity index (χ1n) is 7.52. The van der Waals surface area contributed by atoms with Gasteiger partial charge in [-0.3, -0.25) is 14.5 Å². The van der Waals surface area contributed by atoms with Crippen molar-refractivity contribution in [2.24, 2.45) is 0 Å². The average Bonchev–Trinajstić information content (AvgIpc) is 2.93. The molecular formula is C17H19NO2S. The van der Waals surface area contributed by atoms with Gasteiger partial charge < -0.3 is 0 Å². The number of nitrogens with zero attached hydrogens (tertiary/aromatic N) is 1. The third-order valence-corrected chi connectivity index (χ3v) is 4.98. The standard InChI is InChI=1S/C17H19NO2S/c1-3-4-5-6-7-18-16(19)13-9-12-8-11(2)21-15(12)10-14(13)17(18)20/h8-10H,3-7H2,1-2H3. The maximum Gasteiger partial charge on any atom is 0.261 e. The lowest BCUT2D eigenvalue weighted by atomic mass is 10.1. The van der Waals surface area contributed by atoms with Crippen LogP contribution in [0.25, 0.3) is 10.1 Å². The molecule has 110 valence electrons. The average molecular weight is 301 g/mol. The molecule has 0 atom stereocenters. The van der Waals surface area contributed by atoms with Crippen LogP contribution in [0.1, 0.15) is 58.2 Å². The van der Waals surface area contributed by atoms with Gasteiger partial charge in [-0.15, -0.1) is 11.3 Å². The normalized spacial score (nSPS) is 14.3. The number of amides is 2. The molecule has 1 aromatic carbocycles. The van der Waals surface area contributed by atoms with Gasteiger partial charge in [0.1, 0.15) is 0 Å². The first kappa shape index (κ1) is 14.3. The fraction of sp³-hybridized carbons (Fsp3) is 0.412. The van der Waals surface area contributed by atoms with E-state index in [9.17, 15) is 9.59 Å². The second-order valence-corrected chi connectivity index (χ2v) is 6.90. The van der Waals surface area contributed by atoms with Gasteiger partial charge in [-0.05, 0) is 36.9 Å². The summed E-state index contributed by atoms with van der Waals surface area (Å²) < 4.78 is 1.08. The number of carbonyl (C=O) groups is 2. The van der Waals surface area contributed by atoms with Gasteiger partial charge >= 0.3 is 0 Å². The predicted molar refractivity (Wildman–Crippen MR) is 86.1 cm³/mol. The highest BCUT2D eigenvalue weighted by Crippen LogP contribution is 2.32. The summed E-state index contributed by atoms with van der Waals surface area (Å²) in [6.45, 7) is 4.73. The van der Waals surface area contributed by atoms with E-state index < -0.39 is 0 Å². The Morgan fingerprint density at radius 2 is 1.71 bits per heavy atom. The van der Waals surface area contributed by atoms with Gasteiger partial charge in [0, 0.05) is 16.1 Å². The summed E-state index contributed by atoms with van der Waals surface area (Å²) in [4.78, 5) is 27.5. The highest BCUT2D eigenvalue weighted by Gasteiger charge is 2.35. The van der Waals surface area contributed by atoms with Gasteiger partial charge in [0.15, 0.2) is 0 Å². The highest BCUT2D eigenvalue weighted by atomic mass is 32.1. The number of hydrogen-bond donors (Lipinski definition) is 0. The van der Waals surface area contributed by atoms with Crippen LogP contribution in [0.2, 0.25) is 0 Å². The van der Waals surface area contributed by atoms with Crippen molar-refractivity contribution in [3.05, 3.63) is 34.2 Å². The number of rotatable bonds is 5. The third-order valence-electron chi connectivity index (χ3n) is 3.97. The van der Waals surface area contributed by atoms with Gasteiger partial charge in [0.2, 0.25) is 0 Å². The first-order valence-corrected chi connectivity index (χ1v) is 8.34. The summed E-state index contributed by atoms with van der Waals surface area (Å²) in [6.07, 6.45) is 4.26. The minimum absolute atomic E-state index is 0.126. The van der Waals surface area contributed by atoms with Crippen LogP contribution in [0.15, 0.2) is 18.2 Å². The van der Waals surface area contributed by atoms with Crippen LogP contribution in [-0.4, -0.2) is 23.3 Å². The van der Waals surface area contributed by atoms with E-state index in [2.05, 4.69) is 13.0 Å².